The van der Waals surface area contributed by atoms with Crippen molar-refractivity contribution in [2.24, 2.45) is 11.8 Å². The molecule has 142 valence electrons. The molecule has 2 rings (SSSR count). The van der Waals surface area contributed by atoms with Crippen molar-refractivity contribution in [3.63, 3.8) is 0 Å². The maximum Gasteiger partial charge on any atom is 0.322 e. The zero-order valence-electron chi connectivity index (χ0n) is 15.1. The lowest BCUT2D eigenvalue weighted by Crippen LogP contribution is -2.33. The van der Waals surface area contributed by atoms with Gasteiger partial charge in [0.15, 0.2) is 17.4 Å². The predicted octanol–water partition coefficient (Wildman–Crippen LogP) is 0.889. The highest BCUT2D eigenvalue weighted by molar-refractivity contribution is 6.01. The molecule has 3 atom stereocenters. The van der Waals surface area contributed by atoms with Crippen molar-refractivity contribution in [3.05, 3.63) is 17.7 Å². The molecule has 1 aromatic carbocycles. The number of carbonyl (C=O) groups excluding carboxylic acids is 3. The van der Waals surface area contributed by atoms with E-state index in [0.29, 0.717) is 11.3 Å². The van der Waals surface area contributed by atoms with E-state index in [4.69, 9.17) is 23.7 Å². The Labute approximate surface area is 150 Å². The summed E-state index contributed by atoms with van der Waals surface area (Å²) in [4.78, 5) is 36.5. The first-order valence-electron chi connectivity index (χ1n) is 7.60. The molecule has 1 fully saturated rings. The largest absolute Gasteiger partial charge is 0.493 e. The van der Waals surface area contributed by atoms with Crippen LogP contribution in [0, 0.1) is 11.8 Å². The van der Waals surface area contributed by atoms with Crippen LogP contribution in [-0.2, 0) is 28.6 Å². The van der Waals surface area contributed by atoms with Gasteiger partial charge in [-0.1, -0.05) is 0 Å². The molecule has 9 nitrogen and oxygen atoms in total. The van der Waals surface area contributed by atoms with Crippen LogP contribution in [-0.4, -0.2) is 53.5 Å². The molecule has 1 saturated heterocycles. The van der Waals surface area contributed by atoms with Gasteiger partial charge in [0.2, 0.25) is 5.75 Å². The number of rotatable bonds is 6. The average molecular weight is 368 g/mol. The first kappa shape index (κ1) is 19.4. The lowest BCUT2D eigenvalue weighted by Gasteiger charge is -2.22. The highest BCUT2D eigenvalue weighted by Gasteiger charge is 2.55. The minimum absolute atomic E-state index is 0.212. The number of hydrogen-bond acceptors (Lipinski definition) is 9. The van der Waals surface area contributed by atoms with Gasteiger partial charge >= 0.3 is 17.9 Å². The number of carbonyl (C=O) groups is 3. The molecule has 0 saturated carbocycles. The number of cyclic esters (lactones) is 1. The summed E-state index contributed by atoms with van der Waals surface area (Å²) >= 11 is 0. The van der Waals surface area contributed by atoms with Gasteiger partial charge in [0.1, 0.15) is 12.0 Å². The monoisotopic (exact) mass is 368 g/mol. The lowest BCUT2D eigenvalue weighted by molar-refractivity contribution is -0.159. The van der Waals surface area contributed by atoms with Gasteiger partial charge in [-0.2, -0.15) is 0 Å². The number of hydrogen-bond donors (Lipinski definition) is 0. The van der Waals surface area contributed by atoms with E-state index in [-0.39, 0.29) is 11.5 Å². The Kier molecular flexibility index (Phi) is 5.91. The van der Waals surface area contributed by atoms with Crippen molar-refractivity contribution in [1.82, 2.24) is 0 Å². The van der Waals surface area contributed by atoms with Crippen LogP contribution in [0.25, 0.3) is 0 Å². The third kappa shape index (κ3) is 3.12. The molecule has 9 heteroatoms. The fraction of sp³-hybridized carbons (Fsp3) is 0.471. The summed E-state index contributed by atoms with van der Waals surface area (Å²) in [5, 5.41) is 0. The van der Waals surface area contributed by atoms with E-state index in [2.05, 4.69) is 4.74 Å². The van der Waals surface area contributed by atoms with E-state index >= 15 is 0 Å². The molecular weight excluding hydrogens is 348 g/mol. The van der Waals surface area contributed by atoms with Crippen LogP contribution in [0.15, 0.2) is 12.1 Å². The van der Waals surface area contributed by atoms with E-state index in [1.165, 1.54) is 21.3 Å². The summed E-state index contributed by atoms with van der Waals surface area (Å²) in [5.41, 5.74) is 0.334. The smallest absolute Gasteiger partial charge is 0.322 e. The van der Waals surface area contributed by atoms with Gasteiger partial charge in [0.25, 0.3) is 0 Å². The Balaban J connectivity index is 2.60. The second kappa shape index (κ2) is 7.94. The predicted molar refractivity (Wildman–Crippen MR) is 85.9 cm³/mol. The van der Waals surface area contributed by atoms with Crippen molar-refractivity contribution in [2.45, 2.75) is 6.10 Å². The highest BCUT2D eigenvalue weighted by Crippen LogP contribution is 2.49. The van der Waals surface area contributed by atoms with Gasteiger partial charge in [-0.15, -0.1) is 0 Å². The normalized spacial score (nSPS) is 21.6. The number of esters is 3. The van der Waals surface area contributed by atoms with Crippen LogP contribution >= 0.6 is 0 Å². The quantitative estimate of drug-likeness (QED) is 0.411. The third-order valence-corrected chi connectivity index (χ3v) is 4.15. The van der Waals surface area contributed by atoms with Crippen molar-refractivity contribution >= 4 is 17.9 Å². The molecule has 0 radical (unpaired) electrons. The van der Waals surface area contributed by atoms with E-state index in [0.717, 1.165) is 14.2 Å². The summed E-state index contributed by atoms with van der Waals surface area (Å²) in [5.74, 6) is -4.36. The second-order valence-corrected chi connectivity index (χ2v) is 5.33. The van der Waals surface area contributed by atoms with Crippen LogP contribution in [0.3, 0.4) is 0 Å². The first-order chi connectivity index (χ1) is 12.4. The van der Waals surface area contributed by atoms with E-state index in [1.54, 1.807) is 12.1 Å². The van der Waals surface area contributed by atoms with E-state index in [9.17, 15) is 14.4 Å². The van der Waals surface area contributed by atoms with E-state index < -0.39 is 35.8 Å². The summed E-state index contributed by atoms with van der Waals surface area (Å²) in [6.07, 6.45) is -1.12. The molecule has 1 aromatic rings. The van der Waals surface area contributed by atoms with Crippen LogP contribution in [0.1, 0.15) is 11.7 Å². The fourth-order valence-electron chi connectivity index (χ4n) is 2.96. The lowest BCUT2D eigenvalue weighted by atomic mass is 9.86. The molecule has 26 heavy (non-hydrogen) atoms. The van der Waals surface area contributed by atoms with Crippen LogP contribution in [0.4, 0.5) is 0 Å². The molecule has 0 bridgehead atoms. The maximum absolute atomic E-state index is 12.3. The minimum Gasteiger partial charge on any atom is -0.493 e. The Morgan fingerprint density at radius 2 is 1.50 bits per heavy atom. The molecule has 0 N–H and O–H groups in total. The third-order valence-electron chi connectivity index (χ3n) is 4.15. The second-order valence-electron chi connectivity index (χ2n) is 5.33. The summed E-state index contributed by atoms with van der Waals surface area (Å²) in [6, 6.07) is 3.14. The molecule has 0 amide bonds. The number of methoxy groups -OCH3 is 5. The van der Waals surface area contributed by atoms with Crippen LogP contribution < -0.4 is 14.2 Å². The molecule has 0 aliphatic carbocycles. The standard InChI is InChI=1S/C17H20O9/c1-21-9-7-6-8(13(22-2)14(9)23-3)12-10(15(18)24-4)11(16(19)25-5)17(20)26-12/h6-7,10-12H,1-5H3/t10-,11-,12+/m1/s1. The summed E-state index contributed by atoms with van der Waals surface area (Å²) < 4.78 is 30.6. The van der Waals surface area contributed by atoms with Crippen molar-refractivity contribution < 1.29 is 42.8 Å². The van der Waals surface area contributed by atoms with Gasteiger partial charge in [-0.25, -0.2) is 0 Å². The van der Waals surface area contributed by atoms with Gasteiger partial charge in [-0.05, 0) is 12.1 Å². The molecular formula is C17H20O9. The van der Waals surface area contributed by atoms with Gasteiger partial charge in [0, 0.05) is 5.56 Å². The summed E-state index contributed by atoms with van der Waals surface area (Å²) in [7, 11) is 6.54. The number of ether oxygens (including phenoxy) is 6. The fourth-order valence-corrected chi connectivity index (χ4v) is 2.96. The Morgan fingerprint density at radius 1 is 0.885 bits per heavy atom. The van der Waals surface area contributed by atoms with Gasteiger partial charge in [0.05, 0.1) is 35.5 Å². The zero-order valence-corrected chi connectivity index (χ0v) is 15.1. The van der Waals surface area contributed by atoms with Crippen LogP contribution in [0.2, 0.25) is 0 Å². The van der Waals surface area contributed by atoms with Crippen molar-refractivity contribution in [1.29, 1.82) is 0 Å². The highest BCUT2D eigenvalue weighted by atomic mass is 16.6. The molecule has 0 spiro atoms. The van der Waals surface area contributed by atoms with Crippen LogP contribution in [0.5, 0.6) is 17.2 Å². The van der Waals surface area contributed by atoms with Gasteiger partial charge in [-0.3, -0.25) is 14.4 Å². The Hall–Kier alpha value is -2.97. The Bertz CT molecular complexity index is 712. The minimum atomic E-state index is -1.43. The molecule has 1 heterocycles. The average Bonchev–Trinajstić information content (AvgIpc) is 3.01. The van der Waals surface area contributed by atoms with Gasteiger partial charge < -0.3 is 28.4 Å². The first-order valence-corrected chi connectivity index (χ1v) is 7.60. The molecule has 0 unspecified atom stereocenters. The number of benzene rings is 1. The van der Waals surface area contributed by atoms with E-state index in [1.807, 2.05) is 0 Å². The van der Waals surface area contributed by atoms with Crippen molar-refractivity contribution in [2.75, 3.05) is 35.5 Å². The SMILES string of the molecule is COC(=O)[C@@H]1C(=O)O[C@@H](c2ccc(OC)c(OC)c2OC)[C@@H]1C(=O)OC. The maximum atomic E-state index is 12.3. The summed E-state index contributed by atoms with van der Waals surface area (Å²) in [6.45, 7) is 0. The molecule has 0 aromatic heterocycles. The topological polar surface area (TPSA) is 107 Å². The van der Waals surface area contributed by atoms with Crippen molar-refractivity contribution in [3.8, 4) is 17.2 Å². The molecule has 1 aliphatic heterocycles. The Morgan fingerprint density at radius 3 is 2.00 bits per heavy atom. The zero-order chi connectivity index (χ0) is 19.4. The molecule has 1 aliphatic rings.